The van der Waals surface area contributed by atoms with E-state index in [1.165, 1.54) is 84.3 Å². The number of carbonyl (C=O) groups is 2. The standard InChI is InChI=1S/C31H27FIN5O5.C23H19FIN5O4.Al.3ClH/c1-17-27-26(28(36(3)29(17)41)35-25-12-11-21(33)13-24(25)32)30(42)37(15-19-7-9-20(16-39)10-8-19)31(43)38(27)23-6-4-5-22(14-23)34-18(2)40;1-11-19-18(20(29(3)22(11)33)27-17-8-7-13(25)9-16(17)24)21(32)28-23(34)30(19)15-6-4-5-14(10-15)26-12(2)31;;;;/h4-14,35,39H,15-16H2,1-3H3,(H,34,40);4-10,27H,1-3H3,(H,26,31)(H,28,32,34);;3*1H/q;;+3;;;/p-3. The number of hydrogen-bond donors (Lipinski definition) is 6. The topological polar surface area (TPSA) is 245 Å². The van der Waals surface area contributed by atoms with Crippen molar-refractivity contribution in [2.24, 2.45) is 14.1 Å². The van der Waals surface area contributed by atoms with Crippen LogP contribution in [0.3, 0.4) is 0 Å². The van der Waals surface area contributed by atoms with E-state index in [4.69, 9.17) is 30.1 Å². The molecule has 0 bridgehead atoms. The van der Waals surface area contributed by atoms with E-state index in [9.17, 15) is 52.2 Å². The summed E-state index contributed by atoms with van der Waals surface area (Å²) in [6.07, 6.45) is 0. The zero-order chi connectivity index (χ0) is 59.3. The number of aromatic amines is 1. The second-order valence-electron chi connectivity index (χ2n) is 17.9. The average Bonchev–Trinajstić information content (AvgIpc) is 3.59. The average molecular weight is 1400 g/mol. The van der Waals surface area contributed by atoms with Crippen LogP contribution in [0.4, 0.5) is 43.2 Å². The molecule has 0 radical (unpaired) electrons. The number of nitrogens with one attached hydrogen (secondary N) is 5. The number of aromatic nitrogens is 6. The van der Waals surface area contributed by atoms with Gasteiger partial charge in [0.15, 0.2) is 0 Å². The second kappa shape index (κ2) is 26.3. The van der Waals surface area contributed by atoms with Crippen molar-refractivity contribution in [1.29, 1.82) is 0 Å². The van der Waals surface area contributed by atoms with Crippen molar-refractivity contribution >= 4 is 155 Å². The smallest absolute Gasteiger partial charge is 0.392 e. The van der Waals surface area contributed by atoms with Crippen LogP contribution in [-0.2, 0) is 36.8 Å². The van der Waals surface area contributed by atoms with E-state index in [2.05, 4.69) is 26.3 Å². The molecule has 0 saturated heterocycles. The van der Waals surface area contributed by atoms with Gasteiger partial charge < -0.3 is 26.4 Å². The largest absolute Gasteiger partial charge is 0.643 e. The quantitative estimate of drug-likeness (QED) is 0.0527. The Labute approximate surface area is 502 Å². The minimum Gasteiger partial charge on any atom is -0.392 e. The van der Waals surface area contributed by atoms with Crippen LogP contribution in [-0.4, -0.2) is 56.1 Å². The third-order valence-corrected chi connectivity index (χ3v) is 13.7. The van der Waals surface area contributed by atoms with Crippen molar-refractivity contribution in [1.82, 2.24) is 27.8 Å². The summed E-state index contributed by atoms with van der Waals surface area (Å²) in [5.41, 5.74) is -0.627. The van der Waals surface area contributed by atoms with Crippen LogP contribution >= 0.6 is 75.3 Å². The Morgan fingerprint density at radius 3 is 1.49 bits per heavy atom. The lowest BCUT2D eigenvalue weighted by molar-refractivity contribution is -0.115. The number of rotatable bonds is 11. The summed E-state index contributed by atoms with van der Waals surface area (Å²) in [6.45, 7) is 5.45. The summed E-state index contributed by atoms with van der Waals surface area (Å²) in [6, 6.07) is 28.7. The van der Waals surface area contributed by atoms with E-state index in [1.807, 2.05) is 45.2 Å². The highest BCUT2D eigenvalue weighted by molar-refractivity contribution is 14.1. The van der Waals surface area contributed by atoms with E-state index in [0.29, 0.717) is 41.0 Å². The number of aliphatic hydroxyl groups is 1. The highest BCUT2D eigenvalue weighted by Crippen LogP contribution is 2.30. The molecule has 0 fully saturated rings. The van der Waals surface area contributed by atoms with Crippen molar-refractivity contribution in [3.8, 4) is 11.4 Å². The number of H-pyrrole nitrogens is 1. The zero-order valence-corrected chi connectivity index (χ0v) is 51.2. The van der Waals surface area contributed by atoms with Gasteiger partial charge in [0.1, 0.15) is 34.0 Å². The van der Waals surface area contributed by atoms with Crippen LogP contribution in [0, 0.1) is 32.6 Å². The van der Waals surface area contributed by atoms with Crippen LogP contribution in [0.5, 0.6) is 0 Å². The van der Waals surface area contributed by atoms with Crippen LogP contribution in [0.1, 0.15) is 36.1 Å². The number of carbonyl (C=O) groups excluding carboxylic acids is 2. The summed E-state index contributed by atoms with van der Waals surface area (Å²) in [5.74, 6) is -1.74. The summed E-state index contributed by atoms with van der Waals surface area (Å²) in [5, 5.41) is 20.5. The number of benzene rings is 5. The molecule has 6 N–H and O–H groups in total. The predicted octanol–water partition coefficient (Wildman–Crippen LogP) is 8.97. The van der Waals surface area contributed by atoms with Gasteiger partial charge in [-0.05, 0) is 143 Å². The number of amides is 2. The van der Waals surface area contributed by atoms with Crippen molar-refractivity contribution in [2.45, 2.75) is 40.8 Å². The van der Waals surface area contributed by atoms with Gasteiger partial charge in [-0.1, -0.05) is 36.4 Å². The van der Waals surface area contributed by atoms with E-state index < -0.39 is 56.6 Å². The Morgan fingerprint density at radius 1 is 0.617 bits per heavy atom. The maximum atomic E-state index is 15.0. The first-order valence-electron chi connectivity index (χ1n) is 23.9. The van der Waals surface area contributed by atoms with Crippen molar-refractivity contribution < 1.29 is 23.5 Å². The van der Waals surface area contributed by atoms with Crippen molar-refractivity contribution in [3.05, 3.63) is 213 Å². The first kappa shape index (κ1) is 61.7. The van der Waals surface area contributed by atoms with E-state index in [0.717, 1.165) is 4.57 Å². The summed E-state index contributed by atoms with van der Waals surface area (Å²) < 4.78 is 36.8. The summed E-state index contributed by atoms with van der Waals surface area (Å²) >= 11 is 2.23. The van der Waals surface area contributed by atoms with Gasteiger partial charge in [0.2, 0.25) is 11.8 Å². The van der Waals surface area contributed by atoms with E-state index in [1.54, 1.807) is 84.9 Å². The second-order valence-corrected chi connectivity index (χ2v) is 26.8. The zero-order valence-electron chi connectivity index (χ0n) is 43.5. The molecule has 4 heterocycles. The highest BCUT2D eigenvalue weighted by atomic mass is 127. The minimum atomic E-state index is -1.72. The van der Waals surface area contributed by atoms with Gasteiger partial charge in [-0.25, -0.2) is 48.5 Å². The fourth-order valence-electron chi connectivity index (χ4n) is 8.71. The minimum absolute atomic E-state index is 0.00193. The molecule has 0 unspecified atom stereocenters. The lowest BCUT2D eigenvalue weighted by atomic mass is 10.1. The first-order chi connectivity index (χ1) is 38.3. The van der Waals surface area contributed by atoms with Crippen LogP contribution in [0.15, 0.2) is 138 Å². The number of halogens is 7. The fraction of sp³-hybridized carbons (Fsp3) is 0.148. The first-order valence-corrected chi connectivity index (χ1v) is 31.3. The van der Waals surface area contributed by atoms with Gasteiger partial charge in [-0.3, -0.25) is 56.6 Å². The number of aliphatic hydroxyl groups excluding tert-OH is 1. The summed E-state index contributed by atoms with van der Waals surface area (Å²) in [7, 11) is 17.7. The molecule has 0 spiro atoms. The molecule has 27 heteroatoms. The predicted molar refractivity (Wildman–Crippen MR) is 332 cm³/mol. The number of pyridine rings is 2. The third-order valence-electron chi connectivity index (χ3n) is 12.3. The summed E-state index contributed by atoms with van der Waals surface area (Å²) in [4.78, 5) is 106. The number of hydrogen-bond acceptors (Lipinski definition) is 11. The van der Waals surface area contributed by atoms with Crippen molar-refractivity contribution in [3.63, 3.8) is 0 Å². The monoisotopic (exact) mass is 1400 g/mol. The molecule has 9 rings (SSSR count). The molecular weight excluding hydrogens is 1360 g/mol. The molecule has 418 valence electrons. The van der Waals surface area contributed by atoms with Gasteiger partial charge in [0.25, 0.3) is 22.2 Å². The van der Waals surface area contributed by atoms with Gasteiger partial charge in [-0.2, -0.15) is 0 Å². The molecule has 0 atom stereocenters. The number of fused-ring (bicyclic) bond motifs is 2. The molecular formula is C54H46AlCl3F2I2N10O9. The van der Waals surface area contributed by atoms with Crippen LogP contribution in [0.25, 0.3) is 33.2 Å². The Balaban J connectivity index is 0.000000224. The molecule has 2 amide bonds. The van der Waals surface area contributed by atoms with E-state index in [-0.39, 0.29) is 80.9 Å². The van der Waals surface area contributed by atoms with Crippen molar-refractivity contribution in [2.75, 3.05) is 21.3 Å². The Morgan fingerprint density at radius 2 is 1.05 bits per heavy atom. The molecule has 0 aliphatic carbocycles. The van der Waals surface area contributed by atoms with Gasteiger partial charge in [0.05, 0.1) is 46.9 Å². The maximum Gasteiger partial charge on any atom is 0.643 e. The lowest BCUT2D eigenvalue weighted by Gasteiger charge is -2.21. The normalized spacial score (nSPS) is 10.8. The number of aryl methyl sites for hydroxylation is 2. The van der Waals surface area contributed by atoms with Gasteiger partial charge in [-0.15, -0.1) is 0 Å². The fourth-order valence-corrected chi connectivity index (χ4v) is 9.62. The van der Waals surface area contributed by atoms with Crippen LogP contribution in [0.2, 0.25) is 0 Å². The van der Waals surface area contributed by atoms with Crippen LogP contribution < -0.4 is 54.9 Å². The molecule has 9 aromatic rings. The lowest BCUT2D eigenvalue weighted by Crippen LogP contribution is -2.41. The van der Waals surface area contributed by atoms with E-state index >= 15 is 0 Å². The number of nitrogens with zero attached hydrogens (tertiary/aromatic N) is 5. The maximum absolute atomic E-state index is 15.0. The highest BCUT2D eigenvalue weighted by Gasteiger charge is 2.25. The third kappa shape index (κ3) is 13.9. The van der Waals surface area contributed by atoms with Gasteiger partial charge in [0, 0.05) is 57.6 Å². The molecule has 81 heavy (non-hydrogen) atoms. The molecule has 0 aliphatic heterocycles. The Kier molecular flexibility index (Phi) is 20.1. The Hall–Kier alpha value is -6.90. The molecule has 4 aromatic heterocycles. The SMILES string of the molecule is CC(=O)Nc1cccc(-n2c(=O)[nH]c(=O)c3c(Nc4ccc(I)cc4F)n(C)c(=O)c(C)c32)c1.CC(=O)Nc1cccc(-n2c(=O)n(Cc3ccc(CO)cc3)c(=O)c3c(Nc4ccc(I)cc4F)n(C)c(=O)c(C)c32)c1.[Cl][Al]([Cl])[Cl]. The molecule has 19 nitrogen and oxygen atoms in total. The molecule has 0 saturated carbocycles. The molecule has 0 aliphatic rings. The van der Waals surface area contributed by atoms with Gasteiger partial charge >= 0.3 is 22.8 Å². The molecule has 5 aromatic carbocycles. The number of anilines is 6. The Bertz CT molecular complexity index is 4360.